The number of carbonyl (C=O) groups is 2. The van der Waals surface area contributed by atoms with Crippen LogP contribution in [0.15, 0.2) is 89.1 Å². The zero-order valence-corrected chi connectivity index (χ0v) is 15.8. The molecule has 6 heteroatoms. The van der Waals surface area contributed by atoms with Gasteiger partial charge in [-0.2, -0.15) is 0 Å². The van der Waals surface area contributed by atoms with Gasteiger partial charge in [0.1, 0.15) is 5.58 Å². The highest BCUT2D eigenvalue weighted by Crippen LogP contribution is 2.15. The summed E-state index contributed by atoms with van der Waals surface area (Å²) >= 11 is 0. The first-order chi connectivity index (χ1) is 14.0. The maximum absolute atomic E-state index is 12.5. The quantitative estimate of drug-likeness (QED) is 0.624. The van der Waals surface area contributed by atoms with Gasteiger partial charge >= 0.3 is 0 Å². The Hall–Kier alpha value is -3.93. The van der Waals surface area contributed by atoms with Crippen LogP contribution >= 0.6 is 0 Å². The number of amides is 2. The number of nitrogens with one attached hydrogen (secondary N) is 1. The van der Waals surface area contributed by atoms with E-state index in [4.69, 9.17) is 4.42 Å². The van der Waals surface area contributed by atoms with Gasteiger partial charge in [0.2, 0.25) is 0 Å². The van der Waals surface area contributed by atoms with Gasteiger partial charge in [0.25, 0.3) is 11.8 Å². The van der Waals surface area contributed by atoms with Crippen LogP contribution in [0.2, 0.25) is 0 Å². The molecule has 0 atom stereocenters. The zero-order valence-electron chi connectivity index (χ0n) is 15.8. The van der Waals surface area contributed by atoms with Crippen LogP contribution in [0.4, 0.5) is 5.69 Å². The van der Waals surface area contributed by atoms with Crippen LogP contribution in [0.5, 0.6) is 0 Å². The fraction of sp³-hybridized carbons (Fsp3) is 0.0870. The van der Waals surface area contributed by atoms with Crippen molar-refractivity contribution in [1.29, 1.82) is 0 Å². The van der Waals surface area contributed by atoms with Crippen molar-refractivity contribution in [2.24, 2.45) is 0 Å². The number of benzene rings is 2. The lowest BCUT2D eigenvalue weighted by Crippen LogP contribution is -2.31. The maximum atomic E-state index is 12.5. The topological polar surface area (TPSA) is 79.6 Å². The molecular formula is C23H20N2O4. The minimum Gasteiger partial charge on any atom is -0.451 e. The molecule has 2 aromatic carbocycles. The molecule has 0 fully saturated rings. The molecule has 1 aromatic heterocycles. The highest BCUT2D eigenvalue weighted by atomic mass is 16.3. The molecule has 1 heterocycles. The van der Waals surface area contributed by atoms with E-state index in [1.54, 1.807) is 65.6 Å². The second kappa shape index (κ2) is 8.84. The molecule has 146 valence electrons. The van der Waals surface area contributed by atoms with Crippen LogP contribution in [-0.4, -0.2) is 29.8 Å². The maximum Gasteiger partial charge on any atom is 0.291 e. The third kappa shape index (κ3) is 4.50. The average Bonchev–Trinajstić information content (AvgIpc) is 2.73. The van der Waals surface area contributed by atoms with Crippen LogP contribution in [-0.2, 0) is 0 Å². The van der Waals surface area contributed by atoms with E-state index < -0.39 is 5.91 Å². The largest absolute Gasteiger partial charge is 0.451 e. The number of nitrogens with zero attached hydrogens (tertiary/aromatic N) is 1. The molecule has 0 aliphatic carbocycles. The Morgan fingerprint density at radius 3 is 2.31 bits per heavy atom. The van der Waals surface area contributed by atoms with Gasteiger partial charge in [-0.1, -0.05) is 24.3 Å². The SMILES string of the molecule is C=CCN(CC=C)C(=O)c1ccc(NC(=O)c2cc(=O)c3ccccc3o2)cc1. The van der Waals surface area contributed by atoms with E-state index in [1.807, 2.05) is 0 Å². The van der Waals surface area contributed by atoms with Crippen molar-refractivity contribution in [2.75, 3.05) is 18.4 Å². The fourth-order valence-corrected chi connectivity index (χ4v) is 2.84. The van der Waals surface area contributed by atoms with E-state index in [0.717, 1.165) is 6.07 Å². The Morgan fingerprint density at radius 1 is 1.00 bits per heavy atom. The summed E-state index contributed by atoms with van der Waals surface area (Å²) < 4.78 is 5.53. The summed E-state index contributed by atoms with van der Waals surface area (Å²) in [7, 11) is 0. The standard InChI is InChI=1S/C23H20N2O4/c1-3-13-25(14-4-2)23(28)16-9-11-17(12-10-16)24-22(27)21-15-19(26)18-7-5-6-8-20(18)29-21/h3-12,15H,1-2,13-14H2,(H,24,27). The summed E-state index contributed by atoms with van der Waals surface area (Å²) in [6, 6.07) is 14.4. The number of para-hydroxylation sites is 1. The molecule has 0 radical (unpaired) electrons. The third-order valence-corrected chi connectivity index (χ3v) is 4.23. The van der Waals surface area contributed by atoms with Crippen molar-refractivity contribution in [3.8, 4) is 0 Å². The molecule has 0 aliphatic rings. The first-order valence-electron chi connectivity index (χ1n) is 8.99. The van der Waals surface area contributed by atoms with Crippen LogP contribution in [0.1, 0.15) is 20.9 Å². The van der Waals surface area contributed by atoms with Gasteiger partial charge in [0.15, 0.2) is 11.2 Å². The highest BCUT2D eigenvalue weighted by Gasteiger charge is 2.15. The minimum absolute atomic E-state index is 0.0861. The van der Waals surface area contributed by atoms with Crippen LogP contribution in [0, 0.1) is 0 Å². The van der Waals surface area contributed by atoms with E-state index in [0.29, 0.717) is 35.3 Å². The predicted molar refractivity (Wildman–Crippen MR) is 113 cm³/mol. The lowest BCUT2D eigenvalue weighted by atomic mass is 10.1. The Morgan fingerprint density at radius 2 is 1.66 bits per heavy atom. The van der Waals surface area contributed by atoms with Crippen molar-refractivity contribution < 1.29 is 14.0 Å². The third-order valence-electron chi connectivity index (χ3n) is 4.23. The van der Waals surface area contributed by atoms with Crippen molar-refractivity contribution in [2.45, 2.75) is 0 Å². The van der Waals surface area contributed by atoms with Gasteiger partial charge in [0, 0.05) is 30.4 Å². The van der Waals surface area contributed by atoms with Crippen molar-refractivity contribution in [3.05, 3.63) is 101 Å². The lowest BCUT2D eigenvalue weighted by molar-refractivity contribution is 0.0790. The van der Waals surface area contributed by atoms with Gasteiger partial charge in [-0.25, -0.2) is 0 Å². The number of hydrogen-bond donors (Lipinski definition) is 1. The molecule has 1 N–H and O–H groups in total. The Kier molecular flexibility index (Phi) is 6.04. The molecule has 29 heavy (non-hydrogen) atoms. The fourth-order valence-electron chi connectivity index (χ4n) is 2.84. The predicted octanol–water partition coefficient (Wildman–Crippen LogP) is 3.86. The van der Waals surface area contributed by atoms with Crippen LogP contribution in [0.25, 0.3) is 11.0 Å². The molecule has 0 unspecified atom stereocenters. The lowest BCUT2D eigenvalue weighted by Gasteiger charge is -2.19. The van der Waals surface area contributed by atoms with E-state index in [9.17, 15) is 14.4 Å². The highest BCUT2D eigenvalue weighted by molar-refractivity contribution is 6.03. The smallest absolute Gasteiger partial charge is 0.291 e. The zero-order chi connectivity index (χ0) is 20.8. The monoisotopic (exact) mass is 388 g/mol. The summed E-state index contributed by atoms with van der Waals surface area (Å²) in [5, 5.41) is 3.08. The summed E-state index contributed by atoms with van der Waals surface area (Å²) in [6.07, 6.45) is 3.29. The summed E-state index contributed by atoms with van der Waals surface area (Å²) in [5.74, 6) is -0.799. The summed E-state index contributed by atoms with van der Waals surface area (Å²) in [5.41, 5.74) is 1.00. The molecule has 6 nitrogen and oxygen atoms in total. The number of hydrogen-bond acceptors (Lipinski definition) is 4. The van der Waals surface area contributed by atoms with Gasteiger partial charge in [-0.15, -0.1) is 13.2 Å². The Labute approximate surface area is 167 Å². The van der Waals surface area contributed by atoms with E-state index in [-0.39, 0.29) is 17.1 Å². The van der Waals surface area contributed by atoms with Gasteiger partial charge in [-0.05, 0) is 36.4 Å². The van der Waals surface area contributed by atoms with E-state index >= 15 is 0 Å². The van der Waals surface area contributed by atoms with Crippen LogP contribution in [0.3, 0.4) is 0 Å². The number of carbonyl (C=O) groups excluding carboxylic acids is 2. The van der Waals surface area contributed by atoms with Crippen LogP contribution < -0.4 is 10.7 Å². The van der Waals surface area contributed by atoms with Gasteiger partial charge in [0.05, 0.1) is 5.39 Å². The minimum atomic E-state index is -0.549. The molecule has 3 aromatic rings. The van der Waals surface area contributed by atoms with Crippen molar-refractivity contribution >= 4 is 28.5 Å². The first kappa shape index (κ1) is 19.8. The number of rotatable bonds is 7. The Bertz CT molecular complexity index is 1120. The second-order valence-electron chi connectivity index (χ2n) is 6.29. The molecular weight excluding hydrogens is 368 g/mol. The molecule has 3 rings (SSSR count). The van der Waals surface area contributed by atoms with Crippen molar-refractivity contribution in [1.82, 2.24) is 4.90 Å². The molecule has 0 spiro atoms. The first-order valence-corrected chi connectivity index (χ1v) is 8.99. The second-order valence-corrected chi connectivity index (χ2v) is 6.29. The molecule has 0 saturated heterocycles. The molecule has 0 bridgehead atoms. The summed E-state index contributed by atoms with van der Waals surface area (Å²) in [4.78, 5) is 38.7. The van der Waals surface area contributed by atoms with E-state index in [1.165, 1.54) is 0 Å². The number of anilines is 1. The molecule has 0 saturated carbocycles. The average molecular weight is 388 g/mol. The molecule has 0 aliphatic heterocycles. The normalized spacial score (nSPS) is 10.3. The molecule has 2 amide bonds. The van der Waals surface area contributed by atoms with Crippen molar-refractivity contribution in [3.63, 3.8) is 0 Å². The van der Waals surface area contributed by atoms with Gasteiger partial charge in [-0.3, -0.25) is 14.4 Å². The summed E-state index contributed by atoms with van der Waals surface area (Å²) in [6.45, 7) is 8.12. The Balaban J connectivity index is 1.76. The number of fused-ring (bicyclic) bond motifs is 1. The van der Waals surface area contributed by atoms with E-state index in [2.05, 4.69) is 18.5 Å². The van der Waals surface area contributed by atoms with Gasteiger partial charge < -0.3 is 14.6 Å².